The fourth-order valence-corrected chi connectivity index (χ4v) is 2.21. The Kier molecular flexibility index (Phi) is 4.35. The first kappa shape index (κ1) is 13.3. The highest BCUT2D eigenvalue weighted by molar-refractivity contribution is 5.81. The predicted octanol–water partition coefficient (Wildman–Crippen LogP) is 3.48. The second kappa shape index (κ2) is 6.19. The molecule has 0 aromatic heterocycles. The van der Waals surface area contributed by atoms with Crippen LogP contribution in [-0.2, 0) is 11.3 Å². The Balaban J connectivity index is 2.13. The topological polar surface area (TPSA) is 20.3 Å². The summed E-state index contributed by atoms with van der Waals surface area (Å²) in [5.41, 5.74) is 3.55. The highest BCUT2D eigenvalue weighted by Gasteiger charge is 2.21. The minimum Gasteiger partial charge on any atom is -0.334 e. The van der Waals surface area contributed by atoms with E-state index >= 15 is 0 Å². The summed E-state index contributed by atoms with van der Waals surface area (Å²) in [7, 11) is 0. The van der Waals surface area contributed by atoms with Crippen LogP contribution in [0.4, 0.5) is 0 Å². The molecule has 1 aromatic carbocycles. The Morgan fingerprint density at radius 3 is 2.74 bits per heavy atom. The molecule has 2 nitrogen and oxygen atoms in total. The molecular formula is C17H19NO. The first-order valence-electron chi connectivity index (χ1n) is 6.50. The maximum atomic E-state index is 12.1. The number of allylic oxidation sites excluding steroid dienone is 2. The van der Waals surface area contributed by atoms with Crippen LogP contribution in [0.3, 0.4) is 0 Å². The van der Waals surface area contributed by atoms with E-state index < -0.39 is 0 Å². The van der Waals surface area contributed by atoms with Crippen molar-refractivity contribution in [1.82, 2.24) is 4.90 Å². The van der Waals surface area contributed by atoms with Crippen molar-refractivity contribution in [3.8, 4) is 0 Å². The van der Waals surface area contributed by atoms with Gasteiger partial charge < -0.3 is 4.90 Å². The molecule has 0 N–H and O–H groups in total. The van der Waals surface area contributed by atoms with Gasteiger partial charge in [-0.1, -0.05) is 60.7 Å². The molecule has 0 saturated heterocycles. The number of hydrogen-bond acceptors (Lipinski definition) is 1. The van der Waals surface area contributed by atoms with Crippen LogP contribution in [0.15, 0.2) is 66.3 Å². The van der Waals surface area contributed by atoms with E-state index in [2.05, 4.69) is 18.7 Å². The lowest BCUT2D eigenvalue weighted by atomic mass is 10.00. The molecular weight excluding hydrogens is 234 g/mol. The summed E-state index contributed by atoms with van der Waals surface area (Å²) >= 11 is 0. The molecule has 1 aliphatic rings. The molecule has 1 aliphatic heterocycles. The summed E-state index contributed by atoms with van der Waals surface area (Å²) < 4.78 is 0. The molecule has 1 aromatic rings. The number of carbonyl (C=O) groups excluding carboxylic acids is 1. The smallest absolute Gasteiger partial charge is 0.227 e. The van der Waals surface area contributed by atoms with E-state index in [1.54, 1.807) is 6.08 Å². The Morgan fingerprint density at radius 2 is 2.05 bits per heavy atom. The Morgan fingerprint density at radius 1 is 1.32 bits per heavy atom. The van der Waals surface area contributed by atoms with Gasteiger partial charge in [0.25, 0.3) is 0 Å². The van der Waals surface area contributed by atoms with E-state index in [-0.39, 0.29) is 5.91 Å². The molecule has 1 heterocycles. The molecule has 2 rings (SSSR count). The Hall–Kier alpha value is -2.09. The van der Waals surface area contributed by atoms with E-state index in [0.717, 1.165) is 5.57 Å². The van der Waals surface area contributed by atoms with Crippen molar-refractivity contribution in [2.75, 3.05) is 6.54 Å². The van der Waals surface area contributed by atoms with Gasteiger partial charge in [-0.3, -0.25) is 4.79 Å². The number of amides is 1. The fraction of sp³-hybridized carbons (Fsp3) is 0.235. The Bertz CT molecular complexity index is 525. The summed E-state index contributed by atoms with van der Waals surface area (Å²) in [6.07, 6.45) is 6.25. The first-order chi connectivity index (χ1) is 9.20. The summed E-state index contributed by atoms with van der Waals surface area (Å²) in [6, 6.07) is 10.1. The zero-order valence-corrected chi connectivity index (χ0v) is 11.3. The van der Waals surface area contributed by atoms with Gasteiger partial charge >= 0.3 is 0 Å². The Labute approximate surface area is 114 Å². The van der Waals surface area contributed by atoms with Crippen LogP contribution in [-0.4, -0.2) is 17.4 Å². The van der Waals surface area contributed by atoms with Crippen LogP contribution in [0.2, 0.25) is 0 Å². The summed E-state index contributed by atoms with van der Waals surface area (Å²) in [4.78, 5) is 14.0. The predicted molar refractivity (Wildman–Crippen MR) is 78.5 cm³/mol. The van der Waals surface area contributed by atoms with Gasteiger partial charge in [0.05, 0.1) is 0 Å². The third-order valence-corrected chi connectivity index (χ3v) is 3.33. The van der Waals surface area contributed by atoms with E-state index in [9.17, 15) is 4.79 Å². The highest BCUT2D eigenvalue weighted by Crippen LogP contribution is 2.21. The zero-order chi connectivity index (χ0) is 13.7. The van der Waals surface area contributed by atoms with Crippen LogP contribution in [0, 0.1) is 0 Å². The molecule has 98 valence electrons. The molecule has 0 aliphatic carbocycles. The molecule has 0 radical (unpaired) electrons. The number of hydrogen-bond donors (Lipinski definition) is 0. The maximum absolute atomic E-state index is 12.1. The molecule has 0 spiro atoms. The summed E-state index contributed by atoms with van der Waals surface area (Å²) in [5, 5.41) is 0. The number of nitrogens with zero attached hydrogens (tertiary/aromatic N) is 1. The van der Waals surface area contributed by atoms with Gasteiger partial charge in [0.15, 0.2) is 0 Å². The zero-order valence-electron chi connectivity index (χ0n) is 11.3. The fourth-order valence-electron chi connectivity index (χ4n) is 2.21. The van der Waals surface area contributed by atoms with Gasteiger partial charge in [-0.05, 0) is 18.1 Å². The molecule has 0 bridgehead atoms. The van der Waals surface area contributed by atoms with E-state index in [0.29, 0.717) is 19.5 Å². The van der Waals surface area contributed by atoms with Crippen LogP contribution in [0.5, 0.6) is 0 Å². The third kappa shape index (κ3) is 3.44. The summed E-state index contributed by atoms with van der Waals surface area (Å²) in [5.74, 6) is 0.206. The number of benzene rings is 1. The first-order valence-corrected chi connectivity index (χ1v) is 6.50. The third-order valence-electron chi connectivity index (χ3n) is 3.33. The van der Waals surface area contributed by atoms with Crippen LogP contribution >= 0.6 is 0 Å². The maximum Gasteiger partial charge on any atom is 0.227 e. The quantitative estimate of drug-likeness (QED) is 0.752. The van der Waals surface area contributed by atoms with E-state index in [1.807, 2.05) is 42.2 Å². The van der Waals surface area contributed by atoms with Gasteiger partial charge in [0.2, 0.25) is 5.91 Å². The molecule has 0 fully saturated rings. The van der Waals surface area contributed by atoms with Crippen molar-refractivity contribution in [3.63, 3.8) is 0 Å². The van der Waals surface area contributed by atoms with Gasteiger partial charge in [-0.15, -0.1) is 0 Å². The second-order valence-corrected chi connectivity index (χ2v) is 4.81. The van der Waals surface area contributed by atoms with Gasteiger partial charge in [-0.25, -0.2) is 0 Å². The van der Waals surface area contributed by atoms with Crippen molar-refractivity contribution in [1.29, 1.82) is 0 Å². The van der Waals surface area contributed by atoms with Gasteiger partial charge in [0.1, 0.15) is 0 Å². The molecule has 0 unspecified atom stereocenters. The van der Waals surface area contributed by atoms with Crippen LogP contribution in [0.1, 0.15) is 18.9 Å². The van der Waals surface area contributed by atoms with Crippen molar-refractivity contribution in [3.05, 3.63) is 71.8 Å². The molecule has 19 heavy (non-hydrogen) atoms. The van der Waals surface area contributed by atoms with Crippen molar-refractivity contribution >= 4 is 5.91 Å². The lowest BCUT2D eigenvalue weighted by Crippen LogP contribution is -2.35. The van der Waals surface area contributed by atoms with Crippen LogP contribution < -0.4 is 0 Å². The summed E-state index contributed by atoms with van der Waals surface area (Å²) in [6.45, 7) is 7.07. The second-order valence-electron chi connectivity index (χ2n) is 4.81. The monoisotopic (exact) mass is 253 g/mol. The lowest BCUT2D eigenvalue weighted by Gasteiger charge is -2.29. The molecule has 0 atom stereocenters. The van der Waals surface area contributed by atoms with E-state index in [4.69, 9.17) is 0 Å². The van der Waals surface area contributed by atoms with Crippen molar-refractivity contribution in [2.24, 2.45) is 0 Å². The average Bonchev–Trinajstić information content (AvgIpc) is 2.42. The highest BCUT2D eigenvalue weighted by atomic mass is 16.2. The van der Waals surface area contributed by atoms with Gasteiger partial charge in [0, 0.05) is 19.5 Å². The van der Waals surface area contributed by atoms with E-state index in [1.165, 1.54) is 11.1 Å². The standard InChI is InChI=1S/C17H19NO/c1-3-4-10-16-13-18(17(19)11-14(16)2)12-15-8-6-5-7-9-15/h3-10H,1,11-13H2,2H3/b10-4-. The molecule has 1 amide bonds. The van der Waals surface area contributed by atoms with Crippen molar-refractivity contribution < 1.29 is 4.79 Å². The molecule has 2 heteroatoms. The number of rotatable bonds is 4. The minimum atomic E-state index is 0.206. The largest absolute Gasteiger partial charge is 0.334 e. The average molecular weight is 253 g/mol. The number of carbonyl (C=O) groups is 1. The lowest BCUT2D eigenvalue weighted by molar-refractivity contribution is -0.131. The normalized spacial score (nSPS) is 16.3. The van der Waals surface area contributed by atoms with Crippen molar-refractivity contribution in [2.45, 2.75) is 19.9 Å². The SMILES string of the molecule is C=C/C=C\C1=C(C)CC(=O)N(Cc2ccccc2)C1. The molecule has 0 saturated carbocycles. The van der Waals surface area contributed by atoms with Crippen LogP contribution in [0.25, 0.3) is 0 Å². The minimum absolute atomic E-state index is 0.206. The van der Waals surface area contributed by atoms with Gasteiger partial charge in [-0.2, -0.15) is 0 Å².